The Hall–Kier alpha value is -1.75. The summed E-state index contributed by atoms with van der Waals surface area (Å²) in [4.78, 5) is 18.7. The highest BCUT2D eigenvalue weighted by molar-refractivity contribution is 5.74. The summed E-state index contributed by atoms with van der Waals surface area (Å²) in [6.07, 6.45) is 0. The fourth-order valence-electron chi connectivity index (χ4n) is 2.90. The summed E-state index contributed by atoms with van der Waals surface area (Å²) in [7, 11) is 2.05. The van der Waals surface area contributed by atoms with E-state index in [4.69, 9.17) is 0 Å². The number of hydrogen-bond acceptors (Lipinski definition) is 3. The maximum Gasteiger partial charge on any atom is 0.317 e. The molecule has 0 unspecified atom stereocenters. The van der Waals surface area contributed by atoms with E-state index in [0.717, 1.165) is 39.3 Å². The second-order valence-corrected chi connectivity index (χ2v) is 6.67. The third-order valence-electron chi connectivity index (χ3n) is 4.20. The molecule has 5 heteroatoms. The molecule has 0 bridgehead atoms. The first-order chi connectivity index (χ1) is 11.1. The van der Waals surface area contributed by atoms with Crippen LogP contribution < -0.4 is 10.2 Å². The minimum Gasteiger partial charge on any atom is -0.373 e. The molecule has 0 spiro atoms. The van der Waals surface area contributed by atoms with Gasteiger partial charge < -0.3 is 15.1 Å². The van der Waals surface area contributed by atoms with E-state index < -0.39 is 0 Å². The van der Waals surface area contributed by atoms with E-state index in [1.54, 1.807) is 0 Å². The molecule has 1 aliphatic heterocycles. The Bertz CT molecular complexity index is 469. The number of likely N-dealkylation sites (N-methyl/N-ethyl adjacent to an activating group) is 1. The summed E-state index contributed by atoms with van der Waals surface area (Å²) in [5, 5.41) is 3.04. The number of para-hydroxylation sites is 1. The second-order valence-electron chi connectivity index (χ2n) is 6.67. The Morgan fingerprint density at radius 1 is 1.17 bits per heavy atom. The first-order valence-electron chi connectivity index (χ1n) is 8.57. The Morgan fingerprint density at radius 2 is 1.83 bits per heavy atom. The third kappa shape index (κ3) is 5.75. The molecule has 1 aliphatic rings. The van der Waals surface area contributed by atoms with Gasteiger partial charge in [-0.1, -0.05) is 32.0 Å². The van der Waals surface area contributed by atoms with Gasteiger partial charge in [-0.05, 0) is 18.1 Å². The molecular weight excluding hydrogens is 288 g/mol. The van der Waals surface area contributed by atoms with Crippen molar-refractivity contribution in [2.24, 2.45) is 5.92 Å². The lowest BCUT2D eigenvalue weighted by Gasteiger charge is -2.35. The standard InChI is InChI=1S/C18H30N4O/c1-16(2)15-21-11-13-22(14-12-21)18(23)19-9-10-20(3)17-7-5-4-6-8-17/h4-8,16H,9-15H2,1-3H3,(H,19,23). The van der Waals surface area contributed by atoms with Gasteiger partial charge in [-0.3, -0.25) is 4.90 Å². The van der Waals surface area contributed by atoms with Gasteiger partial charge in [0, 0.05) is 58.5 Å². The van der Waals surface area contributed by atoms with Crippen LogP contribution in [0.2, 0.25) is 0 Å². The molecule has 0 aliphatic carbocycles. The van der Waals surface area contributed by atoms with Crippen LogP contribution in [0.3, 0.4) is 0 Å². The van der Waals surface area contributed by atoms with Crippen molar-refractivity contribution >= 4 is 11.7 Å². The number of benzene rings is 1. The van der Waals surface area contributed by atoms with Gasteiger partial charge in [-0.15, -0.1) is 0 Å². The molecule has 1 heterocycles. The molecule has 0 aromatic heterocycles. The Morgan fingerprint density at radius 3 is 2.43 bits per heavy atom. The summed E-state index contributed by atoms with van der Waals surface area (Å²) < 4.78 is 0. The lowest BCUT2D eigenvalue weighted by Crippen LogP contribution is -2.52. The lowest BCUT2D eigenvalue weighted by atomic mass is 10.2. The van der Waals surface area contributed by atoms with Crippen molar-refractivity contribution in [2.75, 3.05) is 57.8 Å². The van der Waals surface area contributed by atoms with Crippen molar-refractivity contribution in [1.82, 2.24) is 15.1 Å². The normalized spacial score (nSPS) is 15.7. The number of carbonyl (C=O) groups is 1. The van der Waals surface area contributed by atoms with Gasteiger partial charge in [0.15, 0.2) is 0 Å². The van der Waals surface area contributed by atoms with Crippen molar-refractivity contribution in [1.29, 1.82) is 0 Å². The Kier molecular flexibility index (Phi) is 6.71. The summed E-state index contributed by atoms with van der Waals surface area (Å²) in [6.45, 7) is 10.7. The minimum atomic E-state index is 0.0654. The highest BCUT2D eigenvalue weighted by atomic mass is 16.2. The zero-order valence-electron chi connectivity index (χ0n) is 14.7. The topological polar surface area (TPSA) is 38.8 Å². The van der Waals surface area contributed by atoms with Crippen LogP contribution in [-0.4, -0.2) is 68.7 Å². The monoisotopic (exact) mass is 318 g/mol. The van der Waals surface area contributed by atoms with Crippen molar-refractivity contribution in [3.8, 4) is 0 Å². The van der Waals surface area contributed by atoms with E-state index in [-0.39, 0.29) is 6.03 Å². The summed E-state index contributed by atoms with van der Waals surface area (Å²) in [5.41, 5.74) is 1.17. The maximum absolute atomic E-state index is 12.2. The Labute approximate surface area is 140 Å². The van der Waals surface area contributed by atoms with E-state index in [2.05, 4.69) is 41.1 Å². The van der Waals surface area contributed by atoms with Gasteiger partial charge in [-0.25, -0.2) is 4.79 Å². The van der Waals surface area contributed by atoms with E-state index in [0.29, 0.717) is 12.5 Å². The summed E-state index contributed by atoms with van der Waals surface area (Å²) in [6, 6.07) is 10.3. The predicted octanol–water partition coefficient (Wildman–Crippen LogP) is 2.11. The minimum absolute atomic E-state index is 0.0654. The molecule has 0 radical (unpaired) electrons. The van der Waals surface area contributed by atoms with Gasteiger partial charge in [0.05, 0.1) is 0 Å². The number of anilines is 1. The predicted molar refractivity (Wildman–Crippen MR) is 96.0 cm³/mol. The van der Waals surface area contributed by atoms with Gasteiger partial charge in [0.25, 0.3) is 0 Å². The fraction of sp³-hybridized carbons (Fsp3) is 0.611. The van der Waals surface area contributed by atoms with E-state index in [9.17, 15) is 4.79 Å². The molecule has 1 aromatic rings. The smallest absolute Gasteiger partial charge is 0.317 e. The van der Waals surface area contributed by atoms with E-state index in [1.807, 2.05) is 30.1 Å². The fourth-order valence-corrected chi connectivity index (χ4v) is 2.90. The number of rotatable bonds is 6. The molecule has 0 atom stereocenters. The number of nitrogens with one attached hydrogen (secondary N) is 1. The number of amides is 2. The van der Waals surface area contributed by atoms with E-state index in [1.165, 1.54) is 5.69 Å². The first kappa shape index (κ1) is 17.6. The largest absolute Gasteiger partial charge is 0.373 e. The molecule has 5 nitrogen and oxygen atoms in total. The zero-order chi connectivity index (χ0) is 16.7. The molecule has 2 amide bonds. The molecule has 2 rings (SSSR count). The number of nitrogens with zero attached hydrogens (tertiary/aromatic N) is 3. The molecule has 1 aromatic carbocycles. The van der Waals surface area contributed by atoms with Crippen LogP contribution in [0.15, 0.2) is 30.3 Å². The summed E-state index contributed by atoms with van der Waals surface area (Å²) >= 11 is 0. The maximum atomic E-state index is 12.2. The van der Waals surface area contributed by atoms with Gasteiger partial charge in [0.1, 0.15) is 0 Å². The van der Waals surface area contributed by atoms with Crippen molar-refractivity contribution in [3.05, 3.63) is 30.3 Å². The molecule has 128 valence electrons. The number of urea groups is 1. The van der Waals surface area contributed by atoms with Crippen molar-refractivity contribution in [3.63, 3.8) is 0 Å². The first-order valence-corrected chi connectivity index (χ1v) is 8.57. The molecule has 0 saturated carbocycles. The lowest BCUT2D eigenvalue weighted by molar-refractivity contribution is 0.131. The average Bonchev–Trinajstić information content (AvgIpc) is 2.55. The van der Waals surface area contributed by atoms with Crippen LogP contribution in [0.5, 0.6) is 0 Å². The SMILES string of the molecule is CC(C)CN1CCN(C(=O)NCCN(C)c2ccccc2)CC1. The number of carbonyl (C=O) groups excluding carboxylic acids is 1. The molecular formula is C18H30N4O. The number of piperazine rings is 1. The van der Waals surface area contributed by atoms with Crippen molar-refractivity contribution < 1.29 is 4.79 Å². The zero-order valence-corrected chi connectivity index (χ0v) is 14.7. The van der Waals surface area contributed by atoms with Crippen LogP contribution >= 0.6 is 0 Å². The van der Waals surface area contributed by atoms with Crippen LogP contribution in [-0.2, 0) is 0 Å². The van der Waals surface area contributed by atoms with Gasteiger partial charge >= 0.3 is 6.03 Å². The van der Waals surface area contributed by atoms with Gasteiger partial charge in [-0.2, -0.15) is 0 Å². The highest BCUT2D eigenvalue weighted by Gasteiger charge is 2.21. The van der Waals surface area contributed by atoms with Crippen LogP contribution in [0.4, 0.5) is 10.5 Å². The van der Waals surface area contributed by atoms with Crippen LogP contribution in [0.25, 0.3) is 0 Å². The third-order valence-corrected chi connectivity index (χ3v) is 4.20. The summed E-state index contributed by atoms with van der Waals surface area (Å²) in [5.74, 6) is 0.684. The molecule has 1 saturated heterocycles. The van der Waals surface area contributed by atoms with Gasteiger partial charge in [0.2, 0.25) is 0 Å². The van der Waals surface area contributed by atoms with Crippen LogP contribution in [0, 0.1) is 5.92 Å². The molecule has 1 fully saturated rings. The number of hydrogen-bond donors (Lipinski definition) is 1. The van der Waals surface area contributed by atoms with E-state index >= 15 is 0 Å². The average molecular weight is 318 g/mol. The molecule has 1 N–H and O–H groups in total. The second kappa shape index (κ2) is 8.77. The van der Waals surface area contributed by atoms with Crippen molar-refractivity contribution in [2.45, 2.75) is 13.8 Å². The Balaban J connectivity index is 1.66. The quantitative estimate of drug-likeness (QED) is 0.873. The molecule has 23 heavy (non-hydrogen) atoms. The van der Waals surface area contributed by atoms with Crippen LogP contribution in [0.1, 0.15) is 13.8 Å². The highest BCUT2D eigenvalue weighted by Crippen LogP contribution is 2.10.